The lowest BCUT2D eigenvalue weighted by Gasteiger charge is -2.18. The quantitative estimate of drug-likeness (QED) is 0.776. The fourth-order valence-electron chi connectivity index (χ4n) is 1.42. The Morgan fingerprint density at radius 1 is 1.62 bits per heavy atom. The van der Waals surface area contributed by atoms with Crippen LogP contribution in [0.5, 0.6) is 0 Å². The van der Waals surface area contributed by atoms with Gasteiger partial charge in [0.15, 0.2) is 5.82 Å². The van der Waals surface area contributed by atoms with Gasteiger partial charge in [0.25, 0.3) is 5.56 Å². The van der Waals surface area contributed by atoms with Crippen molar-refractivity contribution >= 4 is 21.7 Å². The first kappa shape index (κ1) is 13.2. The van der Waals surface area contributed by atoms with Gasteiger partial charge in [0.1, 0.15) is 0 Å². The zero-order chi connectivity index (χ0) is 12.1. The van der Waals surface area contributed by atoms with Gasteiger partial charge in [0.2, 0.25) is 0 Å². The Morgan fingerprint density at radius 3 is 2.88 bits per heavy atom. The highest BCUT2D eigenvalue weighted by molar-refractivity contribution is 9.09. The number of halogens is 1. The molecule has 0 bridgehead atoms. The average molecular weight is 288 g/mol. The van der Waals surface area contributed by atoms with Gasteiger partial charge in [-0.1, -0.05) is 22.9 Å². The maximum Gasteiger partial charge on any atom is 0.293 e. The third kappa shape index (κ3) is 3.33. The lowest BCUT2D eigenvalue weighted by atomic mass is 10.3. The van der Waals surface area contributed by atoms with Gasteiger partial charge in [0, 0.05) is 37.4 Å². The van der Waals surface area contributed by atoms with Gasteiger partial charge in [0.05, 0.1) is 0 Å². The fraction of sp³-hybridized carbons (Fsp3) is 0.636. The molecule has 0 saturated carbocycles. The van der Waals surface area contributed by atoms with Crippen LogP contribution in [0.15, 0.2) is 17.2 Å². The van der Waals surface area contributed by atoms with Crippen molar-refractivity contribution in [2.75, 3.05) is 18.5 Å². The number of rotatable bonds is 5. The molecular formula is C11H18BrN3O. The highest BCUT2D eigenvalue weighted by atomic mass is 79.9. The van der Waals surface area contributed by atoms with Gasteiger partial charge in [-0.3, -0.25) is 4.79 Å². The van der Waals surface area contributed by atoms with Gasteiger partial charge in [-0.15, -0.1) is 0 Å². The average Bonchev–Trinajstić information content (AvgIpc) is 2.26. The topological polar surface area (TPSA) is 38.1 Å². The van der Waals surface area contributed by atoms with Crippen LogP contribution in [-0.2, 0) is 6.54 Å². The van der Waals surface area contributed by atoms with Crippen LogP contribution in [0.2, 0.25) is 0 Å². The molecule has 0 spiro atoms. The Labute approximate surface area is 104 Å². The largest absolute Gasteiger partial charge is 0.355 e. The standard InChI is InChI=1S/C11H18BrN3O/c1-4-15-8-6-13-10(11(15)16)14(3)7-5-9(2)12/h6,8-9H,4-5,7H2,1-3H3. The molecule has 1 unspecified atom stereocenters. The van der Waals surface area contributed by atoms with E-state index in [1.165, 1.54) is 0 Å². The van der Waals surface area contributed by atoms with E-state index >= 15 is 0 Å². The lowest BCUT2D eigenvalue weighted by molar-refractivity contribution is 0.701. The highest BCUT2D eigenvalue weighted by Crippen LogP contribution is 2.07. The molecule has 1 atom stereocenters. The Bertz CT molecular complexity index is 389. The minimum absolute atomic E-state index is 0.0188. The summed E-state index contributed by atoms with van der Waals surface area (Å²) in [6.07, 6.45) is 4.37. The number of aryl methyl sites for hydroxylation is 1. The maximum absolute atomic E-state index is 11.9. The van der Waals surface area contributed by atoms with Crippen molar-refractivity contribution in [1.29, 1.82) is 0 Å². The van der Waals surface area contributed by atoms with Crippen molar-refractivity contribution in [1.82, 2.24) is 9.55 Å². The van der Waals surface area contributed by atoms with Crippen LogP contribution in [0.1, 0.15) is 20.3 Å². The second kappa shape index (κ2) is 6.03. The van der Waals surface area contributed by atoms with E-state index in [-0.39, 0.29) is 5.56 Å². The molecule has 0 fully saturated rings. The second-order valence-electron chi connectivity index (χ2n) is 3.83. The normalized spacial score (nSPS) is 12.5. The van der Waals surface area contributed by atoms with E-state index in [0.29, 0.717) is 17.2 Å². The lowest BCUT2D eigenvalue weighted by Crippen LogP contribution is -2.31. The fourth-order valence-corrected chi connectivity index (χ4v) is 1.63. The molecule has 0 aliphatic rings. The molecule has 0 aromatic carbocycles. The van der Waals surface area contributed by atoms with Gasteiger partial charge < -0.3 is 9.47 Å². The van der Waals surface area contributed by atoms with Crippen molar-refractivity contribution < 1.29 is 0 Å². The van der Waals surface area contributed by atoms with Crippen LogP contribution < -0.4 is 10.5 Å². The molecule has 1 aromatic heterocycles. The Hall–Kier alpha value is -0.840. The summed E-state index contributed by atoms with van der Waals surface area (Å²) >= 11 is 3.49. The van der Waals surface area contributed by atoms with Crippen LogP contribution in [0.25, 0.3) is 0 Å². The molecule has 1 heterocycles. The highest BCUT2D eigenvalue weighted by Gasteiger charge is 2.09. The SMILES string of the molecule is CCn1ccnc(N(C)CCC(C)Br)c1=O. The molecule has 5 heteroatoms. The molecule has 0 aliphatic heterocycles. The van der Waals surface area contributed by atoms with E-state index in [9.17, 15) is 4.79 Å². The van der Waals surface area contributed by atoms with Crippen LogP contribution in [-0.4, -0.2) is 28.0 Å². The second-order valence-corrected chi connectivity index (χ2v) is 5.40. The number of anilines is 1. The Morgan fingerprint density at radius 2 is 2.31 bits per heavy atom. The number of hydrogen-bond acceptors (Lipinski definition) is 3. The van der Waals surface area contributed by atoms with E-state index in [0.717, 1.165) is 13.0 Å². The molecule has 0 N–H and O–H groups in total. The Balaban J connectivity index is 2.83. The van der Waals surface area contributed by atoms with E-state index < -0.39 is 0 Å². The predicted octanol–water partition coefficient (Wildman–Crippen LogP) is 1.87. The van der Waals surface area contributed by atoms with E-state index in [1.807, 2.05) is 18.9 Å². The zero-order valence-corrected chi connectivity index (χ0v) is 11.6. The number of aromatic nitrogens is 2. The van der Waals surface area contributed by atoms with Gasteiger partial charge >= 0.3 is 0 Å². The summed E-state index contributed by atoms with van der Waals surface area (Å²) in [6.45, 7) is 5.54. The molecule has 1 rings (SSSR count). The van der Waals surface area contributed by atoms with Crippen molar-refractivity contribution in [3.05, 3.63) is 22.7 Å². The van der Waals surface area contributed by atoms with Crippen molar-refractivity contribution in [2.24, 2.45) is 0 Å². The monoisotopic (exact) mass is 287 g/mol. The van der Waals surface area contributed by atoms with Crippen molar-refractivity contribution in [2.45, 2.75) is 31.6 Å². The van der Waals surface area contributed by atoms with Crippen LogP contribution in [0, 0.1) is 0 Å². The molecule has 4 nitrogen and oxygen atoms in total. The van der Waals surface area contributed by atoms with Crippen LogP contribution >= 0.6 is 15.9 Å². The third-order valence-electron chi connectivity index (χ3n) is 2.46. The first-order valence-corrected chi connectivity index (χ1v) is 6.38. The summed E-state index contributed by atoms with van der Waals surface area (Å²) < 4.78 is 1.66. The first-order chi connectivity index (χ1) is 7.56. The molecule has 90 valence electrons. The summed E-state index contributed by atoms with van der Waals surface area (Å²) in [5.74, 6) is 0.525. The number of hydrogen-bond donors (Lipinski definition) is 0. The van der Waals surface area contributed by atoms with Gasteiger partial charge in [-0.05, 0) is 13.3 Å². The van der Waals surface area contributed by atoms with E-state index in [4.69, 9.17) is 0 Å². The summed E-state index contributed by atoms with van der Waals surface area (Å²) in [7, 11) is 1.90. The third-order valence-corrected chi connectivity index (χ3v) is 2.92. The smallest absolute Gasteiger partial charge is 0.293 e. The van der Waals surface area contributed by atoms with Crippen LogP contribution in [0.3, 0.4) is 0 Å². The molecule has 0 aliphatic carbocycles. The molecule has 1 aromatic rings. The number of nitrogens with zero attached hydrogens (tertiary/aromatic N) is 3. The summed E-state index contributed by atoms with van der Waals surface area (Å²) in [6, 6.07) is 0. The molecule has 0 radical (unpaired) electrons. The predicted molar refractivity (Wildman–Crippen MR) is 70.4 cm³/mol. The minimum Gasteiger partial charge on any atom is -0.355 e. The van der Waals surface area contributed by atoms with Crippen molar-refractivity contribution in [3.63, 3.8) is 0 Å². The van der Waals surface area contributed by atoms with Gasteiger partial charge in [-0.25, -0.2) is 4.98 Å². The molecule has 16 heavy (non-hydrogen) atoms. The van der Waals surface area contributed by atoms with E-state index in [2.05, 4.69) is 27.8 Å². The van der Waals surface area contributed by atoms with Crippen LogP contribution in [0.4, 0.5) is 5.82 Å². The number of alkyl halides is 1. The van der Waals surface area contributed by atoms with E-state index in [1.54, 1.807) is 17.0 Å². The maximum atomic E-state index is 11.9. The van der Waals surface area contributed by atoms with Crippen molar-refractivity contribution in [3.8, 4) is 0 Å². The molecular weight excluding hydrogens is 270 g/mol. The molecule has 0 saturated heterocycles. The first-order valence-electron chi connectivity index (χ1n) is 5.47. The Kier molecular flexibility index (Phi) is 4.99. The summed E-state index contributed by atoms with van der Waals surface area (Å²) in [4.78, 5) is 18.4. The summed E-state index contributed by atoms with van der Waals surface area (Å²) in [5.41, 5.74) is -0.0188. The zero-order valence-electron chi connectivity index (χ0n) is 9.98. The van der Waals surface area contributed by atoms with Gasteiger partial charge in [-0.2, -0.15) is 0 Å². The molecule has 0 amide bonds. The summed E-state index contributed by atoms with van der Waals surface area (Å²) in [5, 5.41) is 0. The minimum atomic E-state index is -0.0188.